The Morgan fingerprint density at radius 3 is 1.90 bits per heavy atom. The van der Waals surface area contributed by atoms with Crippen molar-refractivity contribution in [2.24, 2.45) is 0 Å². The maximum absolute atomic E-state index is 11.6. The van der Waals surface area contributed by atoms with Gasteiger partial charge in [0.05, 0.1) is 6.54 Å². The number of nitrogens with one attached hydrogen (secondary N) is 3. The Balaban J connectivity index is 4.42. The molecule has 4 N–H and O–H groups in total. The van der Waals surface area contributed by atoms with E-state index in [0.29, 0.717) is 12.8 Å². The van der Waals surface area contributed by atoms with Gasteiger partial charge in [-0.1, -0.05) is 13.8 Å². The van der Waals surface area contributed by atoms with Crippen LogP contribution in [0.15, 0.2) is 0 Å². The fourth-order valence-electron chi connectivity index (χ4n) is 1.67. The molecule has 0 aliphatic rings. The highest BCUT2D eigenvalue weighted by Gasteiger charge is 2.34. The van der Waals surface area contributed by atoms with E-state index in [1.54, 1.807) is 34.6 Å². The van der Waals surface area contributed by atoms with E-state index in [4.69, 9.17) is 0 Å². The van der Waals surface area contributed by atoms with Crippen LogP contribution in [-0.2, 0) is 9.59 Å². The molecule has 0 aromatic carbocycles. The molecule has 7 heteroatoms. The summed E-state index contributed by atoms with van der Waals surface area (Å²) in [7, 11) is 0. The van der Waals surface area contributed by atoms with Crippen molar-refractivity contribution in [3.8, 4) is 0 Å². The van der Waals surface area contributed by atoms with Crippen molar-refractivity contribution >= 4 is 17.9 Å². The van der Waals surface area contributed by atoms with Crippen molar-refractivity contribution < 1.29 is 19.5 Å². The molecule has 0 spiro atoms. The van der Waals surface area contributed by atoms with Crippen LogP contribution in [0, 0.1) is 0 Å². The van der Waals surface area contributed by atoms with Crippen LogP contribution >= 0.6 is 0 Å². The third-order valence-electron chi connectivity index (χ3n) is 2.95. The van der Waals surface area contributed by atoms with Crippen LogP contribution in [0.25, 0.3) is 0 Å². The molecule has 20 heavy (non-hydrogen) atoms. The van der Waals surface area contributed by atoms with Crippen LogP contribution in [0.2, 0.25) is 0 Å². The number of carboxylic acids is 1. The SMILES string of the molecule is CCC(CC)(NCC(=O)NC(=O)NC(C)(C)C)C(=O)O. The summed E-state index contributed by atoms with van der Waals surface area (Å²) in [5.74, 6) is -1.58. The number of hydrogen-bond donors (Lipinski definition) is 4. The van der Waals surface area contributed by atoms with E-state index in [1.807, 2.05) is 0 Å². The van der Waals surface area contributed by atoms with E-state index in [9.17, 15) is 19.5 Å². The summed E-state index contributed by atoms with van der Waals surface area (Å²) in [6.07, 6.45) is 0.695. The molecule has 0 aliphatic heterocycles. The van der Waals surface area contributed by atoms with Crippen molar-refractivity contribution in [3.05, 3.63) is 0 Å². The third-order valence-corrected chi connectivity index (χ3v) is 2.95. The Kier molecular flexibility index (Phi) is 6.64. The molecular formula is C13H25N3O4. The van der Waals surface area contributed by atoms with Gasteiger partial charge in [0, 0.05) is 5.54 Å². The highest BCUT2D eigenvalue weighted by Crippen LogP contribution is 2.14. The molecule has 0 radical (unpaired) electrons. The van der Waals surface area contributed by atoms with E-state index in [-0.39, 0.29) is 6.54 Å². The standard InChI is InChI=1S/C13H25N3O4/c1-6-13(7-2,10(18)19)14-8-9(17)15-11(20)16-12(3,4)5/h14H,6-8H2,1-5H3,(H,18,19)(H2,15,16,17,20). The number of urea groups is 1. The molecule has 0 saturated heterocycles. The molecule has 0 bridgehead atoms. The Bertz CT molecular complexity index is 370. The molecule has 116 valence electrons. The topological polar surface area (TPSA) is 108 Å². The average Bonchev–Trinajstić information content (AvgIpc) is 2.27. The van der Waals surface area contributed by atoms with Gasteiger partial charge in [-0.25, -0.2) is 4.79 Å². The number of amides is 3. The van der Waals surface area contributed by atoms with Crippen molar-refractivity contribution in [2.45, 2.75) is 58.5 Å². The number of carboxylic acid groups (broad SMARTS) is 1. The van der Waals surface area contributed by atoms with Gasteiger partial charge in [0.25, 0.3) is 0 Å². The minimum atomic E-state index is -1.14. The summed E-state index contributed by atoms with van der Waals surface area (Å²) in [6.45, 7) is 8.60. The maximum atomic E-state index is 11.6. The summed E-state index contributed by atoms with van der Waals surface area (Å²) in [4.78, 5) is 34.3. The second-order valence-electron chi connectivity index (χ2n) is 5.70. The van der Waals surface area contributed by atoms with Crippen molar-refractivity contribution in [3.63, 3.8) is 0 Å². The summed E-state index contributed by atoms with van der Waals surface area (Å²) in [5.41, 5.74) is -1.59. The van der Waals surface area contributed by atoms with E-state index in [1.165, 1.54) is 0 Å². The lowest BCUT2D eigenvalue weighted by Crippen LogP contribution is -2.56. The Labute approximate surface area is 119 Å². The van der Waals surface area contributed by atoms with Crippen molar-refractivity contribution in [2.75, 3.05) is 6.54 Å². The van der Waals surface area contributed by atoms with Crippen LogP contribution in [0.3, 0.4) is 0 Å². The van der Waals surface area contributed by atoms with Gasteiger partial charge in [-0.15, -0.1) is 0 Å². The maximum Gasteiger partial charge on any atom is 0.323 e. The molecule has 0 fully saturated rings. The number of hydrogen-bond acceptors (Lipinski definition) is 4. The Morgan fingerprint density at radius 2 is 1.55 bits per heavy atom. The van der Waals surface area contributed by atoms with E-state index in [2.05, 4.69) is 16.0 Å². The van der Waals surface area contributed by atoms with E-state index in [0.717, 1.165) is 0 Å². The number of aliphatic carboxylic acids is 1. The number of imide groups is 1. The van der Waals surface area contributed by atoms with Crippen LogP contribution in [-0.4, -0.2) is 40.6 Å². The third kappa shape index (κ3) is 6.01. The molecule has 0 aliphatic carbocycles. The van der Waals surface area contributed by atoms with Crippen LogP contribution < -0.4 is 16.0 Å². The summed E-state index contributed by atoms with van der Waals surface area (Å²) >= 11 is 0. The van der Waals surface area contributed by atoms with Crippen molar-refractivity contribution in [1.82, 2.24) is 16.0 Å². The molecule has 3 amide bonds. The molecule has 0 aromatic heterocycles. The minimum Gasteiger partial charge on any atom is -0.480 e. The van der Waals surface area contributed by atoms with Crippen LogP contribution in [0.1, 0.15) is 47.5 Å². The lowest BCUT2D eigenvalue weighted by Gasteiger charge is -2.28. The van der Waals surface area contributed by atoms with E-state index >= 15 is 0 Å². The lowest BCUT2D eigenvalue weighted by molar-refractivity contribution is -0.145. The van der Waals surface area contributed by atoms with Gasteiger partial charge in [0.15, 0.2) is 0 Å². The normalized spacial score (nSPS) is 11.8. The summed E-state index contributed by atoms with van der Waals surface area (Å²) in [6, 6.07) is -0.599. The lowest BCUT2D eigenvalue weighted by atomic mass is 9.93. The molecule has 0 unspecified atom stereocenters. The quantitative estimate of drug-likeness (QED) is 0.579. The van der Waals surface area contributed by atoms with Gasteiger partial charge in [0.2, 0.25) is 5.91 Å². The largest absolute Gasteiger partial charge is 0.480 e. The zero-order valence-corrected chi connectivity index (χ0v) is 12.8. The van der Waals surface area contributed by atoms with Gasteiger partial charge < -0.3 is 10.4 Å². The Morgan fingerprint density at radius 1 is 1.05 bits per heavy atom. The van der Waals surface area contributed by atoms with Gasteiger partial charge in [-0.2, -0.15) is 0 Å². The predicted molar refractivity (Wildman–Crippen MR) is 75.4 cm³/mol. The molecule has 0 heterocycles. The second kappa shape index (κ2) is 7.23. The minimum absolute atomic E-state index is 0.231. The molecule has 0 atom stereocenters. The van der Waals surface area contributed by atoms with Crippen LogP contribution in [0.5, 0.6) is 0 Å². The first-order chi connectivity index (χ1) is 9.06. The summed E-state index contributed by atoms with van der Waals surface area (Å²) < 4.78 is 0. The van der Waals surface area contributed by atoms with Crippen molar-refractivity contribution in [1.29, 1.82) is 0 Å². The molecule has 0 aromatic rings. The molecule has 0 saturated carbocycles. The zero-order valence-electron chi connectivity index (χ0n) is 12.8. The summed E-state index contributed by atoms with van der Waals surface area (Å²) in [5, 5.41) is 16.6. The monoisotopic (exact) mass is 287 g/mol. The highest BCUT2D eigenvalue weighted by molar-refractivity contribution is 5.95. The van der Waals surface area contributed by atoms with Gasteiger partial charge in [0.1, 0.15) is 5.54 Å². The van der Waals surface area contributed by atoms with Crippen LogP contribution in [0.4, 0.5) is 4.79 Å². The second-order valence-corrected chi connectivity index (χ2v) is 5.70. The van der Waals surface area contributed by atoms with Gasteiger partial charge in [-0.3, -0.25) is 20.2 Å². The number of carbonyl (C=O) groups excluding carboxylic acids is 2. The van der Waals surface area contributed by atoms with E-state index < -0.39 is 29.0 Å². The first-order valence-corrected chi connectivity index (χ1v) is 6.66. The number of rotatable bonds is 6. The molecule has 0 rings (SSSR count). The first kappa shape index (κ1) is 18.4. The van der Waals surface area contributed by atoms with Gasteiger partial charge in [-0.05, 0) is 33.6 Å². The smallest absolute Gasteiger partial charge is 0.323 e. The average molecular weight is 287 g/mol. The fourth-order valence-corrected chi connectivity index (χ4v) is 1.67. The zero-order chi connectivity index (χ0) is 16.0. The first-order valence-electron chi connectivity index (χ1n) is 6.66. The fraction of sp³-hybridized carbons (Fsp3) is 0.769. The molecule has 7 nitrogen and oxygen atoms in total. The number of carbonyl (C=O) groups is 3. The predicted octanol–water partition coefficient (Wildman–Crippen LogP) is 0.844. The highest BCUT2D eigenvalue weighted by atomic mass is 16.4. The van der Waals surface area contributed by atoms with Gasteiger partial charge >= 0.3 is 12.0 Å². The molecular weight excluding hydrogens is 262 g/mol. The Hall–Kier alpha value is -1.63.